The fourth-order valence-corrected chi connectivity index (χ4v) is 1.14. The molecule has 62 valence electrons. The third-order valence-electron chi connectivity index (χ3n) is 1.58. The zero-order chi connectivity index (χ0) is 7.94. The topological polar surface area (TPSA) is 18.5 Å². The SMILES string of the molecule is BrC#CCOC1CCCOC1. The van der Waals surface area contributed by atoms with E-state index >= 15 is 0 Å². The van der Waals surface area contributed by atoms with Crippen LogP contribution in [-0.4, -0.2) is 25.9 Å². The van der Waals surface area contributed by atoms with Crippen LogP contribution in [0.3, 0.4) is 0 Å². The van der Waals surface area contributed by atoms with Gasteiger partial charge in [0, 0.05) is 22.5 Å². The molecule has 0 saturated carbocycles. The minimum atomic E-state index is 0.261. The van der Waals surface area contributed by atoms with E-state index in [1.165, 1.54) is 0 Å². The lowest BCUT2D eigenvalue weighted by molar-refractivity contribution is -0.0393. The molecule has 1 aliphatic heterocycles. The van der Waals surface area contributed by atoms with Crippen molar-refractivity contribution in [3.63, 3.8) is 0 Å². The van der Waals surface area contributed by atoms with Crippen molar-refractivity contribution in [1.82, 2.24) is 0 Å². The summed E-state index contributed by atoms with van der Waals surface area (Å²) in [4.78, 5) is 2.60. The predicted molar refractivity (Wildman–Crippen MR) is 46.5 cm³/mol. The van der Waals surface area contributed by atoms with E-state index < -0.39 is 0 Å². The molecule has 1 saturated heterocycles. The number of hydrogen-bond acceptors (Lipinski definition) is 2. The molecule has 0 bridgehead atoms. The van der Waals surface area contributed by atoms with Gasteiger partial charge in [-0.1, -0.05) is 5.92 Å². The molecule has 0 amide bonds. The van der Waals surface area contributed by atoms with Gasteiger partial charge in [0.1, 0.15) is 6.61 Å². The van der Waals surface area contributed by atoms with Crippen LogP contribution in [0.2, 0.25) is 0 Å². The van der Waals surface area contributed by atoms with E-state index in [1.54, 1.807) is 0 Å². The number of halogens is 1. The van der Waals surface area contributed by atoms with Gasteiger partial charge in [-0.25, -0.2) is 0 Å². The van der Waals surface area contributed by atoms with Crippen molar-refractivity contribution >= 4 is 15.9 Å². The molecule has 1 atom stereocenters. The molecule has 0 radical (unpaired) electrons. The van der Waals surface area contributed by atoms with Gasteiger partial charge < -0.3 is 9.47 Å². The van der Waals surface area contributed by atoms with E-state index in [4.69, 9.17) is 9.47 Å². The normalized spacial score (nSPS) is 23.9. The monoisotopic (exact) mass is 218 g/mol. The summed E-state index contributed by atoms with van der Waals surface area (Å²) in [5.74, 6) is 2.78. The van der Waals surface area contributed by atoms with Crippen molar-refractivity contribution in [3.05, 3.63) is 0 Å². The van der Waals surface area contributed by atoms with Gasteiger partial charge in [-0.2, -0.15) is 0 Å². The van der Waals surface area contributed by atoms with Crippen molar-refractivity contribution in [2.75, 3.05) is 19.8 Å². The summed E-state index contributed by atoms with van der Waals surface area (Å²) in [5, 5.41) is 0. The molecular weight excluding hydrogens is 208 g/mol. The second kappa shape index (κ2) is 5.59. The van der Waals surface area contributed by atoms with Crippen molar-refractivity contribution in [1.29, 1.82) is 0 Å². The summed E-state index contributed by atoms with van der Waals surface area (Å²) in [7, 11) is 0. The third-order valence-corrected chi connectivity index (χ3v) is 1.86. The maximum Gasteiger partial charge on any atom is 0.109 e. The van der Waals surface area contributed by atoms with Crippen LogP contribution in [-0.2, 0) is 9.47 Å². The van der Waals surface area contributed by atoms with Crippen LogP contribution in [0.5, 0.6) is 0 Å². The Bertz CT molecular complexity index is 153. The maximum atomic E-state index is 5.39. The quantitative estimate of drug-likeness (QED) is 0.656. The van der Waals surface area contributed by atoms with E-state index in [-0.39, 0.29) is 6.10 Å². The summed E-state index contributed by atoms with van der Waals surface area (Å²) < 4.78 is 10.6. The first-order valence-electron chi connectivity index (χ1n) is 3.71. The number of ether oxygens (including phenoxy) is 2. The minimum absolute atomic E-state index is 0.261. The fraction of sp³-hybridized carbons (Fsp3) is 0.750. The van der Waals surface area contributed by atoms with E-state index in [2.05, 4.69) is 26.7 Å². The molecule has 3 heteroatoms. The summed E-state index contributed by atoms with van der Waals surface area (Å²) in [6.07, 6.45) is 2.47. The smallest absolute Gasteiger partial charge is 0.109 e. The Kier molecular flexibility index (Phi) is 4.60. The minimum Gasteiger partial charge on any atom is -0.379 e. The lowest BCUT2D eigenvalue weighted by Crippen LogP contribution is -2.25. The molecule has 0 aromatic rings. The third kappa shape index (κ3) is 3.76. The van der Waals surface area contributed by atoms with E-state index in [1.807, 2.05) is 0 Å². The van der Waals surface area contributed by atoms with Crippen molar-refractivity contribution in [2.24, 2.45) is 0 Å². The standard InChI is InChI=1S/C8H11BrO2/c9-4-2-6-11-8-3-1-5-10-7-8/h8H,1,3,5-7H2. The molecule has 1 fully saturated rings. The highest BCUT2D eigenvalue weighted by molar-refractivity contribution is 9.12. The molecule has 0 N–H and O–H groups in total. The molecular formula is C8H11BrO2. The van der Waals surface area contributed by atoms with Crippen LogP contribution in [0.1, 0.15) is 12.8 Å². The van der Waals surface area contributed by atoms with Gasteiger partial charge in [-0.3, -0.25) is 0 Å². The molecule has 1 heterocycles. The highest BCUT2D eigenvalue weighted by Crippen LogP contribution is 2.08. The van der Waals surface area contributed by atoms with Crippen LogP contribution in [0, 0.1) is 10.8 Å². The highest BCUT2D eigenvalue weighted by Gasteiger charge is 2.12. The molecule has 0 aromatic heterocycles. The average molecular weight is 219 g/mol. The second-order valence-corrected chi connectivity index (χ2v) is 2.82. The van der Waals surface area contributed by atoms with Crippen LogP contribution in [0.15, 0.2) is 0 Å². The van der Waals surface area contributed by atoms with E-state index in [0.717, 1.165) is 26.1 Å². The number of rotatable bonds is 2. The van der Waals surface area contributed by atoms with E-state index in [9.17, 15) is 0 Å². The van der Waals surface area contributed by atoms with Crippen LogP contribution >= 0.6 is 15.9 Å². The van der Waals surface area contributed by atoms with Gasteiger partial charge >= 0.3 is 0 Å². The average Bonchev–Trinajstić information content (AvgIpc) is 2.07. The van der Waals surface area contributed by atoms with Gasteiger partial charge in [-0.15, -0.1) is 0 Å². The zero-order valence-corrected chi connectivity index (χ0v) is 7.89. The van der Waals surface area contributed by atoms with E-state index in [0.29, 0.717) is 6.61 Å². The summed E-state index contributed by atoms with van der Waals surface area (Å²) in [6, 6.07) is 0. The summed E-state index contributed by atoms with van der Waals surface area (Å²) in [5.41, 5.74) is 0. The largest absolute Gasteiger partial charge is 0.379 e. The van der Waals surface area contributed by atoms with Crippen LogP contribution in [0.25, 0.3) is 0 Å². The lowest BCUT2D eigenvalue weighted by Gasteiger charge is -2.21. The predicted octanol–water partition coefficient (Wildman–Crippen LogP) is 1.54. The van der Waals surface area contributed by atoms with Gasteiger partial charge in [0.05, 0.1) is 12.7 Å². The molecule has 0 aliphatic carbocycles. The first-order valence-corrected chi connectivity index (χ1v) is 4.50. The molecule has 2 nitrogen and oxygen atoms in total. The van der Waals surface area contributed by atoms with Crippen LogP contribution in [0.4, 0.5) is 0 Å². The lowest BCUT2D eigenvalue weighted by atomic mass is 10.2. The number of hydrogen-bond donors (Lipinski definition) is 0. The Morgan fingerprint density at radius 1 is 1.64 bits per heavy atom. The molecule has 11 heavy (non-hydrogen) atoms. The molecule has 1 unspecified atom stereocenters. The molecule has 0 aromatic carbocycles. The highest BCUT2D eigenvalue weighted by atomic mass is 79.9. The summed E-state index contributed by atoms with van der Waals surface area (Å²) in [6.45, 7) is 2.10. The molecule has 1 aliphatic rings. The van der Waals surface area contributed by atoms with Gasteiger partial charge in [0.15, 0.2) is 0 Å². The maximum absolute atomic E-state index is 5.39. The van der Waals surface area contributed by atoms with Gasteiger partial charge in [0.25, 0.3) is 0 Å². The Labute approximate surface area is 75.4 Å². The Morgan fingerprint density at radius 3 is 3.18 bits per heavy atom. The fourth-order valence-electron chi connectivity index (χ4n) is 1.03. The van der Waals surface area contributed by atoms with Crippen molar-refractivity contribution in [3.8, 4) is 10.8 Å². The molecule has 0 spiro atoms. The first kappa shape index (κ1) is 9.05. The Morgan fingerprint density at radius 2 is 2.55 bits per heavy atom. The first-order chi connectivity index (χ1) is 5.43. The van der Waals surface area contributed by atoms with Gasteiger partial charge in [0.2, 0.25) is 0 Å². The Balaban J connectivity index is 2.08. The molecule has 1 rings (SSSR count). The second-order valence-electron chi connectivity index (χ2n) is 2.42. The Hall–Kier alpha value is -0.0400. The summed E-state index contributed by atoms with van der Waals surface area (Å²) >= 11 is 3.00. The zero-order valence-electron chi connectivity index (χ0n) is 6.31. The van der Waals surface area contributed by atoms with Crippen molar-refractivity contribution in [2.45, 2.75) is 18.9 Å². The van der Waals surface area contributed by atoms with Crippen LogP contribution < -0.4 is 0 Å². The van der Waals surface area contributed by atoms with Gasteiger partial charge in [-0.05, 0) is 17.7 Å². The van der Waals surface area contributed by atoms with Crippen molar-refractivity contribution < 1.29 is 9.47 Å².